The van der Waals surface area contributed by atoms with E-state index in [9.17, 15) is 9.18 Å². The van der Waals surface area contributed by atoms with E-state index in [4.69, 9.17) is 16.7 Å². The van der Waals surface area contributed by atoms with Crippen LogP contribution < -0.4 is 0 Å². The monoisotopic (exact) mass is 327 g/mol. The second kappa shape index (κ2) is 5.65. The summed E-state index contributed by atoms with van der Waals surface area (Å²) in [5, 5.41) is 17.5. The molecule has 1 aromatic carbocycles. The topological polar surface area (TPSA) is 68.0 Å². The molecule has 0 unspecified atom stereocenters. The summed E-state index contributed by atoms with van der Waals surface area (Å²) < 4.78 is 15.7. The van der Waals surface area contributed by atoms with E-state index < -0.39 is 11.8 Å². The Morgan fingerprint density at radius 1 is 1.48 bits per heavy atom. The lowest BCUT2D eigenvalue weighted by Crippen LogP contribution is -2.06. The minimum absolute atomic E-state index is 0.172. The van der Waals surface area contributed by atoms with Crippen molar-refractivity contribution in [1.82, 2.24) is 14.8 Å². The van der Waals surface area contributed by atoms with Gasteiger partial charge in [-0.15, -0.1) is 10.2 Å². The molecule has 21 heavy (non-hydrogen) atoms. The maximum atomic E-state index is 14.2. The lowest BCUT2D eigenvalue weighted by atomic mass is 10.3. The number of nitrogens with zero attached hydrogens (tertiary/aromatic N) is 3. The molecule has 1 heterocycles. The number of aliphatic carboxylic acids is 1. The molecule has 0 amide bonds. The van der Waals surface area contributed by atoms with Gasteiger partial charge in [0.15, 0.2) is 5.16 Å². The molecule has 0 bridgehead atoms. The zero-order chi connectivity index (χ0) is 15.0. The van der Waals surface area contributed by atoms with Gasteiger partial charge in [0.2, 0.25) is 0 Å². The summed E-state index contributed by atoms with van der Waals surface area (Å²) in [5.74, 6) is -0.764. The molecular formula is C13H11ClFN3O2S. The fraction of sp³-hybridized carbons (Fsp3) is 0.308. The van der Waals surface area contributed by atoms with Gasteiger partial charge in [-0.2, -0.15) is 0 Å². The number of thioether (sulfide) groups is 1. The van der Waals surface area contributed by atoms with Gasteiger partial charge in [-0.1, -0.05) is 29.4 Å². The average Bonchev–Trinajstić information content (AvgIpc) is 3.18. The fourth-order valence-electron chi connectivity index (χ4n) is 2.02. The number of hydrogen-bond donors (Lipinski definition) is 1. The standard InChI is InChI=1S/C13H11ClFN3O2S/c14-8-2-1-3-9(15)11(8)18-12(7-4-5-7)16-17-13(18)21-6-10(19)20/h1-3,7H,4-6H2,(H,19,20). The number of benzene rings is 1. The van der Waals surface area contributed by atoms with E-state index in [1.165, 1.54) is 12.1 Å². The van der Waals surface area contributed by atoms with Gasteiger partial charge in [-0.3, -0.25) is 9.36 Å². The Labute approximate surface area is 129 Å². The molecule has 5 nitrogen and oxygen atoms in total. The van der Waals surface area contributed by atoms with Crippen molar-refractivity contribution in [3.05, 3.63) is 34.9 Å². The SMILES string of the molecule is O=C(O)CSc1nnc(C2CC2)n1-c1c(F)cccc1Cl. The molecule has 2 aromatic rings. The molecule has 0 radical (unpaired) electrons. The van der Waals surface area contributed by atoms with Gasteiger partial charge in [0.1, 0.15) is 17.3 Å². The van der Waals surface area contributed by atoms with E-state index in [1.807, 2.05) is 0 Å². The van der Waals surface area contributed by atoms with E-state index in [0.29, 0.717) is 11.0 Å². The molecule has 3 rings (SSSR count). The first kappa shape index (κ1) is 14.3. The van der Waals surface area contributed by atoms with Gasteiger partial charge in [-0.25, -0.2) is 4.39 Å². The third-order valence-electron chi connectivity index (χ3n) is 3.09. The maximum Gasteiger partial charge on any atom is 0.313 e. The number of para-hydroxylation sites is 1. The molecule has 110 valence electrons. The van der Waals surface area contributed by atoms with Crippen LogP contribution in [0.1, 0.15) is 24.6 Å². The van der Waals surface area contributed by atoms with E-state index >= 15 is 0 Å². The fourth-order valence-corrected chi connectivity index (χ4v) is 2.93. The van der Waals surface area contributed by atoms with Crippen molar-refractivity contribution in [2.75, 3.05) is 5.75 Å². The van der Waals surface area contributed by atoms with Crippen LogP contribution >= 0.6 is 23.4 Å². The number of aromatic nitrogens is 3. The zero-order valence-electron chi connectivity index (χ0n) is 10.8. The number of carbonyl (C=O) groups is 1. The smallest absolute Gasteiger partial charge is 0.313 e. The normalized spacial score (nSPS) is 14.4. The molecule has 0 saturated heterocycles. The van der Waals surface area contributed by atoms with Crippen molar-refractivity contribution in [1.29, 1.82) is 0 Å². The number of carboxylic acids is 1. The van der Waals surface area contributed by atoms with Gasteiger partial charge >= 0.3 is 5.97 Å². The van der Waals surface area contributed by atoms with Gasteiger partial charge in [0, 0.05) is 5.92 Å². The first-order valence-electron chi connectivity index (χ1n) is 6.32. The van der Waals surface area contributed by atoms with Crippen LogP contribution in [0.5, 0.6) is 0 Å². The Kier molecular flexibility index (Phi) is 3.86. The highest BCUT2D eigenvalue weighted by molar-refractivity contribution is 7.99. The highest BCUT2D eigenvalue weighted by Crippen LogP contribution is 2.42. The van der Waals surface area contributed by atoms with E-state index in [2.05, 4.69) is 10.2 Å². The van der Waals surface area contributed by atoms with Gasteiger partial charge in [-0.05, 0) is 25.0 Å². The lowest BCUT2D eigenvalue weighted by molar-refractivity contribution is -0.133. The highest BCUT2D eigenvalue weighted by atomic mass is 35.5. The number of hydrogen-bond acceptors (Lipinski definition) is 4. The van der Waals surface area contributed by atoms with Crippen molar-refractivity contribution in [3.8, 4) is 5.69 Å². The Bertz CT molecular complexity index is 682. The minimum atomic E-state index is -0.970. The van der Waals surface area contributed by atoms with Crippen LogP contribution in [0, 0.1) is 5.82 Å². The summed E-state index contributed by atoms with van der Waals surface area (Å²) in [4.78, 5) is 10.7. The summed E-state index contributed by atoms with van der Waals surface area (Å²) in [6.45, 7) is 0. The first-order valence-corrected chi connectivity index (χ1v) is 7.68. The highest BCUT2D eigenvalue weighted by Gasteiger charge is 2.32. The Balaban J connectivity index is 2.09. The largest absolute Gasteiger partial charge is 0.481 e. The molecule has 1 saturated carbocycles. The van der Waals surface area contributed by atoms with Gasteiger partial charge < -0.3 is 5.11 Å². The number of halogens is 2. The van der Waals surface area contributed by atoms with E-state index in [1.54, 1.807) is 10.6 Å². The van der Waals surface area contributed by atoms with Crippen LogP contribution in [0.4, 0.5) is 4.39 Å². The predicted octanol–water partition coefficient (Wildman–Crippen LogP) is 3.11. The molecule has 1 aromatic heterocycles. The summed E-state index contributed by atoms with van der Waals surface area (Å²) in [7, 11) is 0. The third kappa shape index (κ3) is 2.89. The van der Waals surface area contributed by atoms with Crippen LogP contribution in [0.3, 0.4) is 0 Å². The second-order valence-corrected chi connectivity index (χ2v) is 6.05. The number of rotatable bonds is 5. The summed E-state index contributed by atoms with van der Waals surface area (Å²) >= 11 is 7.11. The molecule has 0 atom stereocenters. The van der Waals surface area contributed by atoms with Gasteiger partial charge in [0.05, 0.1) is 10.8 Å². The van der Waals surface area contributed by atoms with Crippen molar-refractivity contribution < 1.29 is 14.3 Å². The third-order valence-corrected chi connectivity index (χ3v) is 4.31. The van der Waals surface area contributed by atoms with Crippen LogP contribution in [0.2, 0.25) is 5.02 Å². The molecule has 1 fully saturated rings. The number of carboxylic acid groups (broad SMARTS) is 1. The minimum Gasteiger partial charge on any atom is -0.481 e. The van der Waals surface area contributed by atoms with Gasteiger partial charge in [0.25, 0.3) is 0 Å². The molecule has 1 aliphatic carbocycles. The second-order valence-electron chi connectivity index (χ2n) is 4.70. The van der Waals surface area contributed by atoms with E-state index in [-0.39, 0.29) is 22.4 Å². The van der Waals surface area contributed by atoms with Crippen LogP contribution in [0.25, 0.3) is 5.69 Å². The molecule has 1 aliphatic rings. The zero-order valence-corrected chi connectivity index (χ0v) is 12.4. The average molecular weight is 328 g/mol. The molecule has 8 heteroatoms. The summed E-state index contributed by atoms with van der Waals surface area (Å²) in [5.41, 5.74) is 0.180. The Morgan fingerprint density at radius 3 is 2.86 bits per heavy atom. The Hall–Kier alpha value is -1.60. The summed E-state index contributed by atoms with van der Waals surface area (Å²) in [6.07, 6.45) is 1.93. The lowest BCUT2D eigenvalue weighted by Gasteiger charge is -2.12. The maximum absolute atomic E-state index is 14.2. The molecular weight excluding hydrogens is 317 g/mol. The van der Waals surface area contributed by atoms with E-state index in [0.717, 1.165) is 24.6 Å². The van der Waals surface area contributed by atoms with Crippen LogP contribution in [-0.2, 0) is 4.79 Å². The quantitative estimate of drug-likeness (QED) is 0.855. The molecule has 0 spiro atoms. The summed E-state index contributed by atoms with van der Waals surface area (Å²) in [6, 6.07) is 4.41. The predicted molar refractivity (Wildman–Crippen MR) is 76.7 cm³/mol. The van der Waals surface area contributed by atoms with Crippen LogP contribution in [0.15, 0.2) is 23.4 Å². The van der Waals surface area contributed by atoms with Crippen LogP contribution in [-0.4, -0.2) is 31.6 Å². The Morgan fingerprint density at radius 2 is 2.24 bits per heavy atom. The van der Waals surface area contributed by atoms with Crippen molar-refractivity contribution in [2.45, 2.75) is 23.9 Å². The molecule has 1 N–H and O–H groups in total. The van der Waals surface area contributed by atoms with Crippen molar-refractivity contribution >= 4 is 29.3 Å². The van der Waals surface area contributed by atoms with Crippen molar-refractivity contribution in [3.63, 3.8) is 0 Å². The molecule has 0 aliphatic heterocycles. The first-order chi connectivity index (χ1) is 10.1. The van der Waals surface area contributed by atoms with Crippen molar-refractivity contribution in [2.24, 2.45) is 0 Å².